The number of ether oxygens (including phenoxy) is 1. The molecular formula is C26H36N6O2. The van der Waals surface area contributed by atoms with Crippen LogP contribution in [0.1, 0.15) is 81.3 Å². The van der Waals surface area contributed by atoms with Gasteiger partial charge in [0, 0.05) is 24.8 Å². The van der Waals surface area contributed by atoms with Crippen LogP contribution in [0.3, 0.4) is 0 Å². The van der Waals surface area contributed by atoms with E-state index in [2.05, 4.69) is 44.5 Å². The van der Waals surface area contributed by atoms with Crippen LogP contribution in [-0.2, 0) is 17.8 Å². The summed E-state index contributed by atoms with van der Waals surface area (Å²) in [5.41, 5.74) is 2.82. The molecule has 1 aromatic carbocycles. The number of benzene rings is 1. The number of rotatable bonds is 9. The van der Waals surface area contributed by atoms with Crippen LogP contribution < -0.4 is 5.56 Å². The summed E-state index contributed by atoms with van der Waals surface area (Å²) < 4.78 is 7.82. The zero-order valence-corrected chi connectivity index (χ0v) is 20.4. The van der Waals surface area contributed by atoms with Crippen molar-refractivity contribution in [3.05, 3.63) is 51.6 Å². The number of H-pyrrole nitrogens is 1. The first-order chi connectivity index (χ1) is 16.6. The molecule has 1 saturated heterocycles. The smallest absolute Gasteiger partial charge is 0.252 e. The van der Waals surface area contributed by atoms with E-state index in [0.717, 1.165) is 73.0 Å². The van der Waals surface area contributed by atoms with Crippen LogP contribution in [0.15, 0.2) is 29.1 Å². The second-order valence-electron chi connectivity index (χ2n) is 9.93. The number of hydrogen-bond donors (Lipinski definition) is 1. The molecule has 34 heavy (non-hydrogen) atoms. The standard InChI is InChI=1S/C26H36N6O2/c1-3-8-23(25-28-29-30-32(25)17-22-13-7-14-34-22)31(21-11-4-5-12-21)16-20-15-19-10-6-9-18(2)24(19)27-26(20)33/h6,9-10,15,21-23H,3-5,7-8,11-14,16-17H2,1-2H3,(H,27,33)/t22-,23+/m0/s1. The summed E-state index contributed by atoms with van der Waals surface area (Å²) in [4.78, 5) is 18.8. The summed E-state index contributed by atoms with van der Waals surface area (Å²) >= 11 is 0. The Balaban J connectivity index is 1.50. The van der Waals surface area contributed by atoms with Crippen molar-refractivity contribution in [2.24, 2.45) is 0 Å². The fourth-order valence-electron chi connectivity index (χ4n) is 5.75. The van der Waals surface area contributed by atoms with Gasteiger partial charge in [0.05, 0.1) is 24.2 Å². The third kappa shape index (κ3) is 4.79. The Morgan fingerprint density at radius 1 is 1.24 bits per heavy atom. The van der Waals surface area contributed by atoms with E-state index >= 15 is 0 Å². The maximum absolute atomic E-state index is 13.2. The Labute approximate surface area is 200 Å². The minimum absolute atomic E-state index is 0.000933. The van der Waals surface area contributed by atoms with Gasteiger partial charge in [0.1, 0.15) is 0 Å². The largest absolute Gasteiger partial charge is 0.376 e. The van der Waals surface area contributed by atoms with Crippen molar-refractivity contribution in [2.45, 2.75) is 96.5 Å². The first-order valence-electron chi connectivity index (χ1n) is 12.9. The lowest BCUT2D eigenvalue weighted by atomic mass is 10.0. The highest BCUT2D eigenvalue weighted by Gasteiger charge is 2.33. The molecule has 1 aliphatic carbocycles. The van der Waals surface area contributed by atoms with Gasteiger partial charge in [-0.2, -0.15) is 0 Å². The number of para-hydroxylation sites is 1. The van der Waals surface area contributed by atoms with Gasteiger partial charge in [-0.15, -0.1) is 5.10 Å². The molecule has 1 aliphatic heterocycles. The van der Waals surface area contributed by atoms with Crippen LogP contribution in [-0.4, -0.2) is 48.8 Å². The topological polar surface area (TPSA) is 88.9 Å². The summed E-state index contributed by atoms with van der Waals surface area (Å²) in [5, 5.41) is 14.0. The molecule has 1 saturated carbocycles. The second kappa shape index (κ2) is 10.4. The average molecular weight is 465 g/mol. The van der Waals surface area contributed by atoms with E-state index in [1.165, 1.54) is 12.8 Å². The first kappa shape index (κ1) is 23.2. The third-order valence-corrected chi connectivity index (χ3v) is 7.53. The van der Waals surface area contributed by atoms with Crippen molar-refractivity contribution in [1.82, 2.24) is 30.1 Å². The van der Waals surface area contributed by atoms with Crippen LogP contribution in [0.5, 0.6) is 0 Å². The fraction of sp³-hybridized carbons (Fsp3) is 0.615. The lowest BCUT2D eigenvalue weighted by Gasteiger charge is -2.36. The molecule has 0 spiro atoms. The summed E-state index contributed by atoms with van der Waals surface area (Å²) in [6, 6.07) is 8.73. The monoisotopic (exact) mass is 464 g/mol. The highest BCUT2D eigenvalue weighted by molar-refractivity contribution is 5.81. The SMILES string of the molecule is CCC[C@H](c1nnnn1C[C@@H]1CCCO1)N(Cc1cc2cccc(C)c2[nH]c1=O)C1CCCC1. The van der Waals surface area contributed by atoms with Crippen LogP contribution in [0.2, 0.25) is 0 Å². The molecule has 5 rings (SSSR count). The molecule has 0 radical (unpaired) electrons. The molecule has 2 fully saturated rings. The first-order valence-corrected chi connectivity index (χ1v) is 12.9. The Morgan fingerprint density at radius 2 is 2.09 bits per heavy atom. The van der Waals surface area contributed by atoms with E-state index in [9.17, 15) is 4.79 Å². The van der Waals surface area contributed by atoms with Gasteiger partial charge in [-0.05, 0) is 66.5 Å². The predicted molar refractivity (Wildman–Crippen MR) is 132 cm³/mol. The molecule has 0 amide bonds. The minimum atomic E-state index is -0.000933. The van der Waals surface area contributed by atoms with Crippen molar-refractivity contribution in [3.63, 3.8) is 0 Å². The lowest BCUT2D eigenvalue weighted by molar-refractivity contribution is 0.0828. The highest BCUT2D eigenvalue weighted by Crippen LogP contribution is 2.34. The number of aromatic amines is 1. The predicted octanol–water partition coefficient (Wildman–Crippen LogP) is 4.29. The van der Waals surface area contributed by atoms with Crippen LogP contribution >= 0.6 is 0 Å². The van der Waals surface area contributed by atoms with Gasteiger partial charge >= 0.3 is 0 Å². The lowest BCUT2D eigenvalue weighted by Crippen LogP contribution is -2.39. The maximum Gasteiger partial charge on any atom is 0.252 e. The number of tetrazole rings is 1. The Morgan fingerprint density at radius 3 is 2.85 bits per heavy atom. The van der Waals surface area contributed by atoms with Crippen LogP contribution in [0.25, 0.3) is 10.9 Å². The number of nitrogens with zero attached hydrogens (tertiary/aromatic N) is 5. The quantitative estimate of drug-likeness (QED) is 0.508. The molecule has 1 N–H and O–H groups in total. The molecule has 0 unspecified atom stereocenters. The Hall–Kier alpha value is -2.58. The Bertz CT molecular complexity index is 1160. The van der Waals surface area contributed by atoms with E-state index in [-0.39, 0.29) is 17.7 Å². The van der Waals surface area contributed by atoms with Crippen LogP contribution in [0.4, 0.5) is 0 Å². The van der Waals surface area contributed by atoms with Crippen molar-refractivity contribution < 1.29 is 4.74 Å². The summed E-state index contributed by atoms with van der Waals surface area (Å²) in [6.07, 6.45) is 9.06. The minimum Gasteiger partial charge on any atom is -0.376 e. The molecule has 3 aromatic rings. The van der Waals surface area contributed by atoms with Gasteiger partial charge in [-0.25, -0.2) is 4.68 Å². The molecule has 2 aromatic heterocycles. The van der Waals surface area contributed by atoms with Gasteiger partial charge in [-0.1, -0.05) is 44.4 Å². The van der Waals surface area contributed by atoms with Crippen LogP contribution in [0, 0.1) is 6.92 Å². The molecule has 8 heteroatoms. The molecule has 0 bridgehead atoms. The molecule has 8 nitrogen and oxygen atoms in total. The Kier molecular flexibility index (Phi) is 7.06. The van der Waals surface area contributed by atoms with Crippen molar-refractivity contribution in [3.8, 4) is 0 Å². The number of hydrogen-bond acceptors (Lipinski definition) is 6. The van der Waals surface area contributed by atoms with Crippen molar-refractivity contribution in [2.75, 3.05) is 6.61 Å². The fourth-order valence-corrected chi connectivity index (χ4v) is 5.75. The molecule has 182 valence electrons. The van der Waals surface area contributed by atoms with E-state index in [0.29, 0.717) is 19.1 Å². The molecule has 2 atom stereocenters. The highest BCUT2D eigenvalue weighted by atomic mass is 16.5. The average Bonchev–Trinajstić information content (AvgIpc) is 3.61. The van der Waals surface area contributed by atoms with Gasteiger partial charge in [0.15, 0.2) is 5.82 Å². The third-order valence-electron chi connectivity index (χ3n) is 7.53. The van der Waals surface area contributed by atoms with Gasteiger partial charge in [0.2, 0.25) is 0 Å². The summed E-state index contributed by atoms with van der Waals surface area (Å²) in [7, 11) is 0. The number of fused-ring (bicyclic) bond motifs is 1. The van der Waals surface area contributed by atoms with Gasteiger partial charge < -0.3 is 9.72 Å². The zero-order valence-electron chi connectivity index (χ0n) is 20.4. The summed E-state index contributed by atoms with van der Waals surface area (Å²) in [6.45, 7) is 6.35. The number of aromatic nitrogens is 5. The molecule has 3 heterocycles. The normalized spacial score (nSPS) is 20.0. The van der Waals surface area contributed by atoms with E-state index in [1.54, 1.807) is 0 Å². The second-order valence-corrected chi connectivity index (χ2v) is 9.93. The summed E-state index contributed by atoms with van der Waals surface area (Å²) in [5.74, 6) is 0.900. The number of aryl methyl sites for hydroxylation is 1. The maximum atomic E-state index is 13.2. The van der Waals surface area contributed by atoms with Gasteiger partial charge in [-0.3, -0.25) is 9.69 Å². The van der Waals surface area contributed by atoms with Gasteiger partial charge in [0.25, 0.3) is 5.56 Å². The number of nitrogens with one attached hydrogen (secondary N) is 1. The number of pyridine rings is 1. The van der Waals surface area contributed by atoms with E-state index < -0.39 is 0 Å². The van der Waals surface area contributed by atoms with Crippen molar-refractivity contribution in [1.29, 1.82) is 0 Å². The van der Waals surface area contributed by atoms with E-state index in [1.807, 2.05) is 23.7 Å². The molecular weight excluding hydrogens is 428 g/mol. The van der Waals surface area contributed by atoms with E-state index in [4.69, 9.17) is 4.74 Å². The van der Waals surface area contributed by atoms with Crippen molar-refractivity contribution >= 4 is 10.9 Å². The zero-order chi connectivity index (χ0) is 23.5. The molecule has 2 aliphatic rings.